The quantitative estimate of drug-likeness (QED) is 0.641. The number of aliphatic hydroxyl groups is 1. The van der Waals surface area contributed by atoms with Gasteiger partial charge in [0.15, 0.2) is 0 Å². The summed E-state index contributed by atoms with van der Waals surface area (Å²) in [6.45, 7) is 10.5. The normalized spacial score (nSPS) is 12.9. The SMILES string of the molecule is CCn1nnc2c(C)c([C@H](c3ccc(C)c(CO)c3)C(C)(C)C(=O)OC)ccc21. The van der Waals surface area contributed by atoms with Gasteiger partial charge >= 0.3 is 5.97 Å². The van der Waals surface area contributed by atoms with Gasteiger partial charge in [0.25, 0.3) is 0 Å². The summed E-state index contributed by atoms with van der Waals surface area (Å²) >= 11 is 0. The molecule has 2 aromatic carbocycles. The Morgan fingerprint density at radius 2 is 1.97 bits per heavy atom. The number of ether oxygens (including phenoxy) is 1. The highest BCUT2D eigenvalue weighted by atomic mass is 16.5. The number of fused-ring (bicyclic) bond motifs is 1. The van der Waals surface area contributed by atoms with Crippen molar-refractivity contribution in [3.05, 3.63) is 58.1 Å². The zero-order chi connectivity index (χ0) is 21.3. The lowest BCUT2D eigenvalue weighted by atomic mass is 9.69. The summed E-state index contributed by atoms with van der Waals surface area (Å²) < 4.78 is 7.01. The zero-order valence-corrected chi connectivity index (χ0v) is 18.0. The maximum absolute atomic E-state index is 12.8. The molecule has 1 aromatic heterocycles. The molecule has 0 bridgehead atoms. The van der Waals surface area contributed by atoms with Gasteiger partial charge in [0, 0.05) is 12.5 Å². The summed E-state index contributed by atoms with van der Waals surface area (Å²) in [5, 5.41) is 18.4. The Hall–Kier alpha value is -2.73. The number of aromatic nitrogens is 3. The lowest BCUT2D eigenvalue weighted by molar-refractivity contribution is -0.151. The van der Waals surface area contributed by atoms with Crippen LogP contribution in [-0.2, 0) is 22.7 Å². The molecule has 3 aromatic rings. The third-order valence-corrected chi connectivity index (χ3v) is 5.90. The van der Waals surface area contributed by atoms with E-state index in [1.165, 1.54) is 7.11 Å². The molecule has 0 amide bonds. The number of carbonyl (C=O) groups is 1. The van der Waals surface area contributed by atoms with E-state index in [4.69, 9.17) is 4.74 Å². The fourth-order valence-corrected chi connectivity index (χ4v) is 4.14. The van der Waals surface area contributed by atoms with Gasteiger partial charge in [-0.05, 0) is 68.5 Å². The van der Waals surface area contributed by atoms with E-state index in [-0.39, 0.29) is 18.5 Å². The fraction of sp³-hybridized carbons (Fsp3) is 0.435. The molecule has 0 saturated heterocycles. The summed E-state index contributed by atoms with van der Waals surface area (Å²) in [7, 11) is 1.42. The van der Waals surface area contributed by atoms with Gasteiger partial charge in [-0.2, -0.15) is 0 Å². The Balaban J connectivity index is 2.28. The number of rotatable bonds is 6. The molecule has 1 N–H and O–H groups in total. The predicted octanol–water partition coefficient (Wildman–Crippen LogP) is 3.89. The van der Waals surface area contributed by atoms with Gasteiger partial charge in [0.2, 0.25) is 0 Å². The van der Waals surface area contributed by atoms with Crippen molar-refractivity contribution < 1.29 is 14.6 Å². The van der Waals surface area contributed by atoms with Crippen molar-refractivity contribution in [1.82, 2.24) is 15.0 Å². The molecule has 3 rings (SSSR count). The molecule has 29 heavy (non-hydrogen) atoms. The smallest absolute Gasteiger partial charge is 0.312 e. The van der Waals surface area contributed by atoms with E-state index in [0.717, 1.165) is 45.4 Å². The van der Waals surface area contributed by atoms with Gasteiger partial charge in [-0.3, -0.25) is 4.79 Å². The second-order valence-electron chi connectivity index (χ2n) is 8.04. The van der Waals surface area contributed by atoms with Crippen molar-refractivity contribution in [2.75, 3.05) is 7.11 Å². The number of esters is 1. The number of aryl methyl sites for hydroxylation is 3. The maximum atomic E-state index is 12.8. The van der Waals surface area contributed by atoms with Crippen molar-refractivity contribution >= 4 is 17.0 Å². The number of methoxy groups -OCH3 is 1. The first kappa shape index (κ1) is 21.0. The maximum Gasteiger partial charge on any atom is 0.312 e. The summed E-state index contributed by atoms with van der Waals surface area (Å²) in [6, 6.07) is 10.1. The van der Waals surface area contributed by atoms with Gasteiger partial charge in [-0.25, -0.2) is 4.68 Å². The molecule has 6 heteroatoms. The lowest BCUT2D eigenvalue weighted by Crippen LogP contribution is -2.34. The summed E-state index contributed by atoms with van der Waals surface area (Å²) in [5.74, 6) is -0.553. The Kier molecular flexibility index (Phi) is 5.75. The predicted molar refractivity (Wildman–Crippen MR) is 113 cm³/mol. The van der Waals surface area contributed by atoms with E-state index < -0.39 is 5.41 Å². The third-order valence-electron chi connectivity index (χ3n) is 5.90. The van der Waals surface area contributed by atoms with Gasteiger partial charge in [-0.1, -0.05) is 29.5 Å². The Morgan fingerprint density at radius 3 is 2.59 bits per heavy atom. The van der Waals surface area contributed by atoms with E-state index in [2.05, 4.69) is 16.4 Å². The molecule has 0 fully saturated rings. The third kappa shape index (κ3) is 3.53. The molecule has 1 atom stereocenters. The molecule has 0 aliphatic rings. The average molecular weight is 396 g/mol. The van der Waals surface area contributed by atoms with Crippen LogP contribution in [0.15, 0.2) is 30.3 Å². The molecule has 0 spiro atoms. The molecule has 154 valence electrons. The van der Waals surface area contributed by atoms with E-state index >= 15 is 0 Å². The summed E-state index contributed by atoms with van der Waals surface area (Å²) in [4.78, 5) is 12.8. The highest BCUT2D eigenvalue weighted by molar-refractivity contribution is 5.82. The van der Waals surface area contributed by atoms with Crippen LogP contribution >= 0.6 is 0 Å². The first-order valence-corrected chi connectivity index (χ1v) is 9.87. The lowest BCUT2D eigenvalue weighted by Gasteiger charge is -2.34. The average Bonchev–Trinajstić information content (AvgIpc) is 3.14. The molecule has 0 radical (unpaired) electrons. The van der Waals surface area contributed by atoms with E-state index in [1.807, 2.05) is 63.6 Å². The van der Waals surface area contributed by atoms with E-state index in [9.17, 15) is 9.90 Å². The first-order valence-electron chi connectivity index (χ1n) is 9.87. The van der Waals surface area contributed by atoms with Gasteiger partial charge in [0.1, 0.15) is 5.52 Å². The van der Waals surface area contributed by atoms with E-state index in [0.29, 0.717) is 0 Å². The Morgan fingerprint density at radius 1 is 1.24 bits per heavy atom. The number of carbonyl (C=O) groups excluding carboxylic acids is 1. The number of benzene rings is 2. The van der Waals surface area contributed by atoms with Gasteiger partial charge < -0.3 is 9.84 Å². The highest BCUT2D eigenvalue weighted by Gasteiger charge is 2.41. The van der Waals surface area contributed by atoms with Crippen molar-refractivity contribution in [2.24, 2.45) is 5.41 Å². The van der Waals surface area contributed by atoms with Crippen LogP contribution < -0.4 is 0 Å². The number of aliphatic hydroxyl groups excluding tert-OH is 1. The molecule has 6 nitrogen and oxygen atoms in total. The fourth-order valence-electron chi connectivity index (χ4n) is 4.14. The van der Waals surface area contributed by atoms with Crippen molar-refractivity contribution in [1.29, 1.82) is 0 Å². The molecule has 0 saturated carbocycles. The number of hydrogen-bond acceptors (Lipinski definition) is 5. The molecule has 0 aliphatic heterocycles. The molecule has 0 unspecified atom stereocenters. The minimum absolute atomic E-state index is 0.0477. The largest absolute Gasteiger partial charge is 0.469 e. The topological polar surface area (TPSA) is 77.2 Å². The van der Waals surface area contributed by atoms with Crippen molar-refractivity contribution in [3.8, 4) is 0 Å². The molecular formula is C23H29N3O3. The monoisotopic (exact) mass is 395 g/mol. The number of nitrogens with zero attached hydrogens (tertiary/aromatic N) is 3. The van der Waals surface area contributed by atoms with Crippen LogP contribution in [0, 0.1) is 19.3 Å². The van der Waals surface area contributed by atoms with Crippen LogP contribution in [0.1, 0.15) is 54.5 Å². The Bertz CT molecular complexity index is 1050. The minimum Gasteiger partial charge on any atom is -0.469 e. The Labute approximate surface area is 171 Å². The summed E-state index contributed by atoms with van der Waals surface area (Å²) in [5.41, 5.74) is 5.82. The molecule has 1 heterocycles. The van der Waals surface area contributed by atoms with Crippen LogP contribution in [0.25, 0.3) is 11.0 Å². The minimum atomic E-state index is -0.823. The van der Waals surface area contributed by atoms with Crippen LogP contribution in [0.2, 0.25) is 0 Å². The van der Waals surface area contributed by atoms with Gasteiger partial charge in [-0.15, -0.1) is 5.10 Å². The second kappa shape index (κ2) is 7.95. The second-order valence-corrected chi connectivity index (χ2v) is 8.04. The zero-order valence-electron chi connectivity index (χ0n) is 18.0. The highest BCUT2D eigenvalue weighted by Crippen LogP contribution is 2.44. The van der Waals surface area contributed by atoms with E-state index in [1.54, 1.807) is 0 Å². The van der Waals surface area contributed by atoms with Crippen LogP contribution in [0.4, 0.5) is 0 Å². The van der Waals surface area contributed by atoms with Crippen LogP contribution in [0.5, 0.6) is 0 Å². The number of hydrogen-bond donors (Lipinski definition) is 1. The van der Waals surface area contributed by atoms with Crippen molar-refractivity contribution in [3.63, 3.8) is 0 Å². The standard InChI is InChI=1S/C23H29N3O3/c1-7-26-19-11-10-18(15(3)21(19)24-25-26)20(23(4,5)22(28)29-6)16-9-8-14(2)17(12-16)13-27/h8-12,20,27H,7,13H2,1-6H3/t20-/m0/s1. The first-order chi connectivity index (χ1) is 13.8. The van der Waals surface area contributed by atoms with Crippen molar-refractivity contribution in [2.45, 2.75) is 53.7 Å². The molecular weight excluding hydrogens is 366 g/mol. The van der Waals surface area contributed by atoms with Gasteiger partial charge in [0.05, 0.1) is 24.6 Å². The van der Waals surface area contributed by atoms with Crippen LogP contribution in [-0.4, -0.2) is 33.2 Å². The van der Waals surface area contributed by atoms with Crippen LogP contribution in [0.3, 0.4) is 0 Å². The summed E-state index contributed by atoms with van der Waals surface area (Å²) in [6.07, 6.45) is 0. The molecule has 0 aliphatic carbocycles.